The van der Waals surface area contributed by atoms with Gasteiger partial charge in [-0.1, -0.05) is 33.8 Å². The van der Waals surface area contributed by atoms with Gasteiger partial charge in [0, 0.05) is 77.7 Å². The van der Waals surface area contributed by atoms with Gasteiger partial charge in [0.1, 0.15) is 29.8 Å². The number of rotatable bonds is 10. The van der Waals surface area contributed by atoms with Crippen LogP contribution in [0.4, 0.5) is 8.78 Å². The number of cyclic esters (lactones) is 1. The summed E-state index contributed by atoms with van der Waals surface area (Å²) in [6, 6.07) is 6.63. The number of nitrogens with zero attached hydrogens (tertiary/aromatic N) is 5. The number of methoxy groups -OCH3 is 1. The number of fused-ring (bicyclic) bond motifs is 7. The molecular weight excluding hydrogens is 881 g/mol. The van der Waals surface area contributed by atoms with Crippen molar-refractivity contribution in [3.05, 3.63) is 57.7 Å². The summed E-state index contributed by atoms with van der Waals surface area (Å²) in [5.74, 6) is -1.35. The quantitative estimate of drug-likeness (QED) is 0.153. The van der Waals surface area contributed by atoms with Crippen molar-refractivity contribution in [3.63, 3.8) is 0 Å². The zero-order valence-corrected chi connectivity index (χ0v) is 40.5. The van der Waals surface area contributed by atoms with Gasteiger partial charge in [-0.3, -0.25) is 29.3 Å². The molecule has 4 aliphatic heterocycles. The summed E-state index contributed by atoms with van der Waals surface area (Å²) in [6.07, 6.45) is 0.931. The molecule has 0 radical (unpaired) electrons. The van der Waals surface area contributed by atoms with Crippen molar-refractivity contribution in [2.24, 2.45) is 23.2 Å². The number of benzene rings is 1. The predicted octanol–water partition coefficient (Wildman–Crippen LogP) is 7.46. The minimum atomic E-state index is -2.85. The number of nitrogens with one attached hydrogen (secondary N) is 2. The van der Waals surface area contributed by atoms with Crippen LogP contribution in [-0.4, -0.2) is 120 Å². The van der Waals surface area contributed by atoms with E-state index < -0.39 is 48.5 Å². The molecule has 362 valence electrons. The molecule has 6 bridgehead atoms. The molecule has 7 heterocycles. The number of esters is 1. The lowest BCUT2D eigenvalue weighted by molar-refractivity contribution is -0.157. The highest BCUT2D eigenvalue weighted by Gasteiger charge is 2.50. The monoisotopic (exact) mass is 945 g/mol. The van der Waals surface area contributed by atoms with Crippen LogP contribution in [0.2, 0.25) is 0 Å². The van der Waals surface area contributed by atoms with Crippen molar-refractivity contribution in [3.8, 4) is 22.5 Å². The SMILES string of the molecule is CCn1c(-c2cc([C@@H]3CCN4CCOC[C@@H]4C3)cnc2[C@H](C)OC)c2c3cc(ccc31)-c1csc(n1)[C@@H](OCC(F)F)[C@H](NC(=O)[C@H]1[C@H](C)[C@@H]1C)C(=O)N1CCC[C@H](N1)C(=O)OCC(C)(C)C2. The average molecular weight is 946 g/mol. The van der Waals surface area contributed by atoms with Gasteiger partial charge >= 0.3 is 5.97 Å². The fourth-order valence-electron chi connectivity index (χ4n) is 10.9. The number of hydrazine groups is 1. The third-order valence-electron chi connectivity index (χ3n) is 15.0. The smallest absolute Gasteiger partial charge is 0.324 e. The van der Waals surface area contributed by atoms with E-state index in [4.69, 9.17) is 28.9 Å². The zero-order chi connectivity index (χ0) is 47.3. The maximum Gasteiger partial charge on any atom is 0.324 e. The second-order valence-corrected chi connectivity index (χ2v) is 21.0. The Morgan fingerprint density at radius 1 is 1.12 bits per heavy atom. The molecule has 17 heteroatoms. The van der Waals surface area contributed by atoms with Crippen molar-refractivity contribution < 1.29 is 42.1 Å². The highest BCUT2D eigenvalue weighted by atomic mass is 32.1. The van der Waals surface area contributed by atoms with Crippen LogP contribution >= 0.6 is 11.3 Å². The first-order valence-electron chi connectivity index (χ1n) is 24.1. The number of thiazole rings is 1. The largest absolute Gasteiger partial charge is 0.464 e. The van der Waals surface area contributed by atoms with Gasteiger partial charge in [-0.05, 0) is 99.6 Å². The molecule has 67 heavy (non-hydrogen) atoms. The third kappa shape index (κ3) is 9.65. The second-order valence-electron chi connectivity index (χ2n) is 20.1. The standard InChI is InChI=1S/C50H65F2N7O7S/c1-8-58-39-12-11-31-19-34(39)36(44(58)35-20-32(22-53-42(35)29(4)63-7)30-13-15-57-16-17-64-23-33(57)18-30)21-50(5,6)26-66-49(62)37-10-9-14-59(56-37)48(61)43(55-46(60)41-27(2)28(41)3)45(65-24-40(51)52)47-54-38(31)25-67-47/h11-12,19-20,22,25,27-30,33,37,40-41,43,45,56H,8-10,13-18,21,23-24,26H2,1-7H3,(H,55,60)/t27-,28+,29-,30+,33-,37-,41+,43-,45-/m0/s1. The Balaban J connectivity index is 1.19. The number of carbonyl (C=O) groups is 3. The summed E-state index contributed by atoms with van der Waals surface area (Å²) in [6.45, 7) is 15.7. The molecular formula is C50H65F2N7O7S. The number of hydrogen-bond acceptors (Lipinski definition) is 12. The van der Waals surface area contributed by atoms with E-state index in [1.807, 2.05) is 38.4 Å². The molecule has 2 amide bonds. The molecule has 0 unspecified atom stereocenters. The highest BCUT2D eigenvalue weighted by molar-refractivity contribution is 7.10. The van der Waals surface area contributed by atoms with Gasteiger partial charge in [-0.15, -0.1) is 11.3 Å². The van der Waals surface area contributed by atoms with Crippen molar-refractivity contribution in [1.82, 2.24) is 35.2 Å². The minimum Gasteiger partial charge on any atom is -0.464 e. The number of alkyl halides is 2. The van der Waals surface area contributed by atoms with Crippen molar-refractivity contribution >= 4 is 40.0 Å². The lowest BCUT2D eigenvalue weighted by Gasteiger charge is -2.42. The number of piperidine rings is 1. The molecule has 5 aliphatic rings. The third-order valence-corrected chi connectivity index (χ3v) is 15.9. The molecule has 4 aromatic rings. The van der Waals surface area contributed by atoms with Gasteiger partial charge in [-0.2, -0.15) is 0 Å². The minimum absolute atomic E-state index is 0.0888. The van der Waals surface area contributed by atoms with E-state index in [-0.39, 0.29) is 47.9 Å². The highest BCUT2D eigenvalue weighted by Crippen LogP contribution is 2.47. The Kier molecular flexibility index (Phi) is 13.9. The first-order chi connectivity index (χ1) is 32.2. The van der Waals surface area contributed by atoms with Crippen LogP contribution < -0.4 is 10.7 Å². The van der Waals surface area contributed by atoms with Crippen LogP contribution in [0, 0.1) is 23.2 Å². The van der Waals surface area contributed by atoms with E-state index in [9.17, 15) is 23.2 Å². The molecule has 1 aromatic carbocycles. The normalized spacial score (nSPS) is 28.5. The first-order valence-corrected chi connectivity index (χ1v) is 24.9. The Hall–Kier alpha value is -4.39. The summed E-state index contributed by atoms with van der Waals surface area (Å²) < 4.78 is 54.3. The maximum atomic E-state index is 14.6. The zero-order valence-electron chi connectivity index (χ0n) is 39.7. The van der Waals surface area contributed by atoms with E-state index >= 15 is 0 Å². The Labute approximate surface area is 395 Å². The van der Waals surface area contributed by atoms with Gasteiger partial charge in [0.15, 0.2) is 0 Å². The fraction of sp³-hybridized carbons (Fsp3) is 0.620. The number of carbonyl (C=O) groups excluding carboxylic acids is 3. The second kappa shape index (κ2) is 19.5. The van der Waals surface area contributed by atoms with E-state index in [1.54, 1.807) is 7.11 Å². The van der Waals surface area contributed by atoms with Crippen LogP contribution in [0.25, 0.3) is 33.4 Å². The predicted molar refractivity (Wildman–Crippen MR) is 250 cm³/mol. The summed E-state index contributed by atoms with van der Waals surface area (Å²) in [5, 5.41) is 7.29. The van der Waals surface area contributed by atoms with Gasteiger partial charge in [0.05, 0.1) is 43.0 Å². The van der Waals surface area contributed by atoms with Crippen molar-refractivity contribution in [2.75, 3.05) is 53.2 Å². The van der Waals surface area contributed by atoms with Gasteiger partial charge in [-0.25, -0.2) is 19.2 Å². The van der Waals surface area contributed by atoms with Crippen LogP contribution in [0.5, 0.6) is 0 Å². The topological polar surface area (TPSA) is 149 Å². The van der Waals surface area contributed by atoms with Gasteiger partial charge in [0.2, 0.25) is 5.91 Å². The molecule has 4 fully saturated rings. The Bertz CT molecular complexity index is 2470. The lowest BCUT2D eigenvalue weighted by Crippen LogP contribution is -2.61. The van der Waals surface area contributed by atoms with E-state index in [0.29, 0.717) is 43.5 Å². The van der Waals surface area contributed by atoms with Crippen LogP contribution in [-0.2, 0) is 46.3 Å². The van der Waals surface area contributed by atoms with Gasteiger partial charge in [0.25, 0.3) is 12.3 Å². The Morgan fingerprint density at radius 3 is 2.67 bits per heavy atom. The molecule has 14 nitrogen and oxygen atoms in total. The summed E-state index contributed by atoms with van der Waals surface area (Å²) >= 11 is 1.19. The molecule has 1 saturated carbocycles. The molecule has 3 saturated heterocycles. The average Bonchev–Trinajstić information content (AvgIpc) is 3.60. The number of pyridine rings is 1. The molecule has 3 aromatic heterocycles. The van der Waals surface area contributed by atoms with E-state index in [2.05, 4.69) is 59.2 Å². The van der Waals surface area contributed by atoms with Gasteiger partial charge < -0.3 is 28.8 Å². The number of aryl methyl sites for hydroxylation is 1. The number of amides is 2. The van der Waals surface area contributed by atoms with Crippen LogP contribution in [0.1, 0.15) is 107 Å². The Morgan fingerprint density at radius 2 is 1.93 bits per heavy atom. The number of aromatic nitrogens is 3. The molecule has 0 spiro atoms. The lowest BCUT2D eigenvalue weighted by atomic mass is 9.82. The van der Waals surface area contributed by atoms with E-state index in [0.717, 1.165) is 78.1 Å². The first kappa shape index (κ1) is 47.7. The fourth-order valence-corrected chi connectivity index (χ4v) is 11.8. The maximum absolute atomic E-state index is 14.6. The molecule has 9 rings (SSSR count). The number of ether oxygens (including phenoxy) is 4. The molecule has 9 atom stereocenters. The summed E-state index contributed by atoms with van der Waals surface area (Å²) in [7, 11) is 1.70. The van der Waals surface area contributed by atoms with Crippen molar-refractivity contribution in [2.45, 2.75) is 123 Å². The van der Waals surface area contributed by atoms with Crippen LogP contribution in [0.3, 0.4) is 0 Å². The van der Waals surface area contributed by atoms with Crippen molar-refractivity contribution in [1.29, 1.82) is 0 Å². The summed E-state index contributed by atoms with van der Waals surface area (Å²) in [5.41, 5.74) is 9.96. The number of hydrogen-bond donors (Lipinski definition) is 2. The van der Waals surface area contributed by atoms with E-state index in [1.165, 1.54) is 21.9 Å². The molecule has 1 aliphatic carbocycles. The molecule has 2 N–H and O–H groups in total. The van der Waals surface area contributed by atoms with Crippen LogP contribution in [0.15, 0.2) is 35.8 Å². The number of morpholine rings is 1. The number of halogens is 2. The summed E-state index contributed by atoms with van der Waals surface area (Å²) in [4.78, 5) is 55.2.